The van der Waals surface area contributed by atoms with E-state index in [9.17, 15) is 4.79 Å². The smallest absolute Gasteiger partial charge is 0.254 e. The first-order chi connectivity index (χ1) is 10.7. The molecule has 1 heterocycles. The quantitative estimate of drug-likeness (QED) is 0.834. The average Bonchev–Trinajstić information content (AvgIpc) is 3.27. The third-order valence-corrected chi connectivity index (χ3v) is 3.95. The van der Waals surface area contributed by atoms with E-state index in [1.54, 1.807) is 13.3 Å². The normalized spacial score (nSPS) is 14.1. The molecule has 0 bridgehead atoms. The number of aryl methyl sites for hydroxylation is 1. The molecule has 0 radical (unpaired) electrons. The van der Waals surface area contributed by atoms with E-state index >= 15 is 0 Å². The molecule has 1 aliphatic carbocycles. The zero-order valence-electron chi connectivity index (χ0n) is 13.0. The highest BCUT2D eigenvalue weighted by molar-refractivity contribution is 5.95. The van der Waals surface area contributed by atoms with E-state index in [0.29, 0.717) is 24.6 Å². The molecule has 5 nitrogen and oxygen atoms in total. The van der Waals surface area contributed by atoms with Crippen molar-refractivity contribution in [3.63, 3.8) is 0 Å². The number of benzene rings is 1. The lowest BCUT2D eigenvalue weighted by atomic mass is 10.1. The summed E-state index contributed by atoms with van der Waals surface area (Å²) >= 11 is 0. The SMILES string of the molecule is COCCNC(=O)c1cnn(-c2ccccc2C)c1C1CC1. The number of nitrogens with one attached hydrogen (secondary N) is 1. The highest BCUT2D eigenvalue weighted by atomic mass is 16.5. The van der Waals surface area contributed by atoms with Gasteiger partial charge in [0.2, 0.25) is 0 Å². The van der Waals surface area contributed by atoms with Crippen molar-refractivity contribution in [2.24, 2.45) is 0 Å². The number of carbonyl (C=O) groups excluding carboxylic acids is 1. The van der Waals surface area contributed by atoms with Crippen LogP contribution in [0.25, 0.3) is 5.69 Å². The van der Waals surface area contributed by atoms with Gasteiger partial charge in [-0.1, -0.05) is 18.2 Å². The minimum absolute atomic E-state index is 0.0706. The summed E-state index contributed by atoms with van der Waals surface area (Å²) in [7, 11) is 1.62. The molecule has 2 aromatic rings. The maximum absolute atomic E-state index is 12.4. The van der Waals surface area contributed by atoms with Crippen LogP contribution in [0.2, 0.25) is 0 Å². The second-order valence-corrected chi connectivity index (χ2v) is 5.66. The third kappa shape index (κ3) is 2.90. The minimum Gasteiger partial charge on any atom is -0.383 e. The summed E-state index contributed by atoms with van der Waals surface area (Å²) in [5, 5.41) is 7.37. The number of rotatable bonds is 6. The number of hydrogen-bond acceptors (Lipinski definition) is 3. The summed E-state index contributed by atoms with van der Waals surface area (Å²) < 4.78 is 6.90. The first-order valence-electron chi connectivity index (χ1n) is 7.63. The molecule has 1 saturated carbocycles. The summed E-state index contributed by atoms with van der Waals surface area (Å²) in [5.41, 5.74) is 3.91. The number of hydrogen-bond donors (Lipinski definition) is 1. The number of methoxy groups -OCH3 is 1. The third-order valence-electron chi connectivity index (χ3n) is 3.95. The number of aromatic nitrogens is 2. The van der Waals surface area contributed by atoms with Crippen LogP contribution in [0.3, 0.4) is 0 Å². The van der Waals surface area contributed by atoms with E-state index in [1.807, 2.05) is 22.9 Å². The van der Waals surface area contributed by atoms with Crippen molar-refractivity contribution in [1.82, 2.24) is 15.1 Å². The van der Waals surface area contributed by atoms with Gasteiger partial charge in [-0.15, -0.1) is 0 Å². The highest BCUT2D eigenvalue weighted by Gasteiger charge is 2.33. The fourth-order valence-electron chi connectivity index (χ4n) is 2.64. The first kappa shape index (κ1) is 14.8. The molecular formula is C17H21N3O2. The van der Waals surface area contributed by atoms with Crippen molar-refractivity contribution in [2.45, 2.75) is 25.7 Å². The van der Waals surface area contributed by atoms with Gasteiger partial charge in [0.25, 0.3) is 5.91 Å². The monoisotopic (exact) mass is 299 g/mol. The Balaban J connectivity index is 1.93. The van der Waals surface area contributed by atoms with Gasteiger partial charge in [0.1, 0.15) is 0 Å². The topological polar surface area (TPSA) is 56.1 Å². The van der Waals surface area contributed by atoms with Crippen LogP contribution in [-0.4, -0.2) is 35.9 Å². The molecule has 0 unspecified atom stereocenters. The largest absolute Gasteiger partial charge is 0.383 e. The zero-order valence-corrected chi connectivity index (χ0v) is 13.0. The molecule has 116 valence electrons. The molecule has 5 heteroatoms. The van der Waals surface area contributed by atoms with Gasteiger partial charge in [-0.25, -0.2) is 4.68 Å². The lowest BCUT2D eigenvalue weighted by molar-refractivity contribution is 0.0936. The van der Waals surface area contributed by atoms with Crippen LogP contribution >= 0.6 is 0 Å². The van der Waals surface area contributed by atoms with Gasteiger partial charge in [-0.05, 0) is 31.4 Å². The molecular weight excluding hydrogens is 278 g/mol. The molecule has 0 saturated heterocycles. The number of ether oxygens (including phenoxy) is 1. The molecule has 1 aromatic heterocycles. The van der Waals surface area contributed by atoms with Crippen LogP contribution in [0.15, 0.2) is 30.5 Å². The minimum atomic E-state index is -0.0706. The molecule has 3 rings (SSSR count). The van der Waals surface area contributed by atoms with Crippen LogP contribution in [0.5, 0.6) is 0 Å². The lowest BCUT2D eigenvalue weighted by Crippen LogP contribution is -2.27. The predicted molar refractivity (Wildman–Crippen MR) is 84.5 cm³/mol. The summed E-state index contributed by atoms with van der Waals surface area (Å²) in [6.45, 7) is 3.08. The maximum Gasteiger partial charge on any atom is 0.254 e. The first-order valence-corrected chi connectivity index (χ1v) is 7.63. The number of amides is 1. The molecule has 1 amide bonds. The molecule has 0 aliphatic heterocycles. The molecule has 22 heavy (non-hydrogen) atoms. The Morgan fingerprint density at radius 2 is 2.18 bits per heavy atom. The van der Waals surface area contributed by atoms with Gasteiger partial charge in [0, 0.05) is 19.6 Å². The summed E-state index contributed by atoms with van der Waals surface area (Å²) in [6, 6.07) is 8.11. The van der Waals surface area contributed by atoms with Crippen molar-refractivity contribution in [1.29, 1.82) is 0 Å². The van der Waals surface area contributed by atoms with Crippen LogP contribution in [-0.2, 0) is 4.74 Å². The Labute approximate surface area is 130 Å². The predicted octanol–water partition coefficient (Wildman–Crippen LogP) is 2.43. The number of carbonyl (C=O) groups is 1. The van der Waals surface area contributed by atoms with E-state index in [2.05, 4.69) is 23.4 Å². The van der Waals surface area contributed by atoms with Crippen LogP contribution in [0.4, 0.5) is 0 Å². The van der Waals surface area contributed by atoms with Crippen molar-refractivity contribution in [3.8, 4) is 5.69 Å². The Bertz CT molecular complexity index is 674. The van der Waals surface area contributed by atoms with E-state index in [4.69, 9.17) is 4.74 Å². The highest BCUT2D eigenvalue weighted by Crippen LogP contribution is 2.42. The van der Waals surface area contributed by atoms with E-state index in [-0.39, 0.29) is 5.91 Å². The molecule has 0 spiro atoms. The van der Waals surface area contributed by atoms with Crippen LogP contribution < -0.4 is 5.32 Å². The summed E-state index contributed by atoms with van der Waals surface area (Å²) in [4.78, 5) is 12.4. The Hall–Kier alpha value is -2.14. The standard InChI is InChI=1S/C17H21N3O2/c1-12-5-3-4-6-15(12)20-16(13-7-8-13)14(11-19-20)17(21)18-9-10-22-2/h3-6,11,13H,7-10H2,1-2H3,(H,18,21). The zero-order chi connectivity index (χ0) is 15.5. The molecule has 1 aromatic carbocycles. The van der Waals surface area contributed by atoms with Crippen molar-refractivity contribution < 1.29 is 9.53 Å². The van der Waals surface area contributed by atoms with Crippen molar-refractivity contribution in [3.05, 3.63) is 47.3 Å². The van der Waals surface area contributed by atoms with Gasteiger partial charge in [0.05, 0.1) is 29.7 Å². The Morgan fingerprint density at radius 1 is 1.41 bits per heavy atom. The second-order valence-electron chi connectivity index (χ2n) is 5.66. The molecule has 1 N–H and O–H groups in total. The molecule has 0 atom stereocenters. The van der Waals surface area contributed by atoms with E-state index in [1.165, 1.54) is 0 Å². The maximum atomic E-state index is 12.4. The number of para-hydroxylation sites is 1. The fraction of sp³-hybridized carbons (Fsp3) is 0.412. The van der Waals surface area contributed by atoms with Crippen molar-refractivity contribution in [2.75, 3.05) is 20.3 Å². The van der Waals surface area contributed by atoms with Crippen molar-refractivity contribution >= 4 is 5.91 Å². The molecule has 1 fully saturated rings. The second kappa shape index (κ2) is 6.32. The average molecular weight is 299 g/mol. The van der Waals surface area contributed by atoms with Crippen LogP contribution in [0, 0.1) is 6.92 Å². The fourth-order valence-corrected chi connectivity index (χ4v) is 2.64. The van der Waals surface area contributed by atoms with Gasteiger partial charge in [0.15, 0.2) is 0 Å². The Kier molecular flexibility index (Phi) is 4.24. The van der Waals surface area contributed by atoms with Gasteiger partial charge in [-0.3, -0.25) is 4.79 Å². The van der Waals surface area contributed by atoms with Crippen LogP contribution in [0.1, 0.15) is 40.4 Å². The Morgan fingerprint density at radius 3 is 2.86 bits per heavy atom. The summed E-state index contributed by atoms with van der Waals surface area (Å²) in [5.74, 6) is 0.365. The molecule has 1 aliphatic rings. The van der Waals surface area contributed by atoms with E-state index in [0.717, 1.165) is 29.8 Å². The van der Waals surface area contributed by atoms with E-state index < -0.39 is 0 Å². The van der Waals surface area contributed by atoms with Gasteiger partial charge < -0.3 is 10.1 Å². The van der Waals surface area contributed by atoms with Gasteiger partial charge >= 0.3 is 0 Å². The number of nitrogens with zero attached hydrogens (tertiary/aromatic N) is 2. The summed E-state index contributed by atoms with van der Waals surface area (Å²) in [6.07, 6.45) is 3.92. The van der Waals surface area contributed by atoms with Gasteiger partial charge in [-0.2, -0.15) is 5.10 Å². The lowest BCUT2D eigenvalue weighted by Gasteiger charge is -2.11.